The summed E-state index contributed by atoms with van der Waals surface area (Å²) in [5.41, 5.74) is 6.84. The van der Waals surface area contributed by atoms with E-state index in [4.69, 9.17) is 10.5 Å². The molecule has 19 heavy (non-hydrogen) atoms. The second-order valence-electron chi connectivity index (χ2n) is 3.64. The van der Waals surface area contributed by atoms with Crippen LogP contribution in [-0.4, -0.2) is 13.0 Å². The molecule has 1 aromatic carbocycles. The number of carbonyl (C=O) groups is 1. The first kappa shape index (κ1) is 14.4. The van der Waals surface area contributed by atoms with Crippen molar-refractivity contribution < 1.29 is 9.53 Å². The van der Waals surface area contributed by atoms with Crippen LogP contribution in [0.4, 0.5) is 11.4 Å². The van der Waals surface area contributed by atoms with E-state index in [9.17, 15) is 4.79 Å². The molecule has 0 saturated carbocycles. The summed E-state index contributed by atoms with van der Waals surface area (Å²) in [5, 5.41) is 2.77. The molecule has 100 valence electrons. The number of methoxy groups -OCH3 is 1. The van der Waals surface area contributed by atoms with E-state index < -0.39 is 0 Å². The molecule has 0 fully saturated rings. The highest BCUT2D eigenvalue weighted by atomic mass is 79.9. The van der Waals surface area contributed by atoms with Gasteiger partial charge >= 0.3 is 0 Å². The van der Waals surface area contributed by atoms with Gasteiger partial charge < -0.3 is 15.8 Å². The first-order valence-electron chi connectivity index (χ1n) is 5.21. The number of nitrogens with two attached hydrogens (primary N) is 1. The predicted molar refractivity (Wildman–Crippen MR) is 85.1 cm³/mol. The molecule has 0 spiro atoms. The molecule has 0 aliphatic heterocycles. The van der Waals surface area contributed by atoms with Gasteiger partial charge in [0.25, 0.3) is 5.91 Å². The molecule has 1 amide bonds. The van der Waals surface area contributed by atoms with Gasteiger partial charge in [-0.15, -0.1) is 11.3 Å². The fourth-order valence-corrected chi connectivity index (χ4v) is 3.34. The third-order valence-corrected chi connectivity index (χ3v) is 5.63. The lowest BCUT2D eigenvalue weighted by Gasteiger charge is -2.09. The number of nitrogens with one attached hydrogen (secondary N) is 1. The molecule has 0 aliphatic rings. The lowest BCUT2D eigenvalue weighted by Crippen LogP contribution is -2.11. The maximum atomic E-state index is 12.1. The number of carbonyl (C=O) groups excluding carboxylic acids is 1. The van der Waals surface area contributed by atoms with Crippen LogP contribution in [0.2, 0.25) is 0 Å². The van der Waals surface area contributed by atoms with Gasteiger partial charge in [0.05, 0.1) is 27.1 Å². The van der Waals surface area contributed by atoms with Gasteiger partial charge in [0.1, 0.15) is 5.75 Å². The normalized spacial score (nSPS) is 10.3. The van der Waals surface area contributed by atoms with E-state index in [1.54, 1.807) is 31.4 Å². The maximum Gasteiger partial charge on any atom is 0.265 e. The van der Waals surface area contributed by atoms with E-state index >= 15 is 0 Å². The maximum absolute atomic E-state index is 12.1. The molecule has 2 aromatic rings. The summed E-state index contributed by atoms with van der Waals surface area (Å²) in [7, 11) is 1.56. The van der Waals surface area contributed by atoms with Crippen LogP contribution in [0, 0.1) is 0 Å². The molecule has 3 N–H and O–H groups in total. The van der Waals surface area contributed by atoms with Crippen molar-refractivity contribution in [1.29, 1.82) is 0 Å². The lowest BCUT2D eigenvalue weighted by molar-refractivity contribution is 0.103. The summed E-state index contributed by atoms with van der Waals surface area (Å²) in [6, 6.07) is 6.86. The average Bonchev–Trinajstić information content (AvgIpc) is 2.72. The number of ether oxygens (including phenoxy) is 1. The van der Waals surface area contributed by atoms with Crippen molar-refractivity contribution in [2.24, 2.45) is 0 Å². The summed E-state index contributed by atoms with van der Waals surface area (Å²) in [4.78, 5) is 12.7. The molecule has 0 bridgehead atoms. The molecule has 4 nitrogen and oxygen atoms in total. The Labute approximate surface area is 131 Å². The molecule has 2 rings (SSSR count). The van der Waals surface area contributed by atoms with Gasteiger partial charge in [0, 0.05) is 10.5 Å². The van der Waals surface area contributed by atoms with E-state index in [1.807, 2.05) is 0 Å². The fourth-order valence-electron chi connectivity index (χ4n) is 1.41. The van der Waals surface area contributed by atoms with Crippen molar-refractivity contribution in [1.82, 2.24) is 0 Å². The van der Waals surface area contributed by atoms with Gasteiger partial charge in [-0.05, 0) is 50.1 Å². The number of halogens is 2. The van der Waals surface area contributed by atoms with Crippen LogP contribution < -0.4 is 15.8 Å². The number of hydrogen-bond acceptors (Lipinski definition) is 4. The van der Waals surface area contributed by atoms with E-state index in [2.05, 4.69) is 37.2 Å². The van der Waals surface area contributed by atoms with Crippen LogP contribution in [0.3, 0.4) is 0 Å². The van der Waals surface area contributed by atoms with Gasteiger partial charge in [0.15, 0.2) is 0 Å². The first-order chi connectivity index (χ1) is 9.01. The summed E-state index contributed by atoms with van der Waals surface area (Å²) in [6.07, 6.45) is 0. The SMILES string of the molecule is COc1ccc(N)c(NC(=O)c2cc(Br)c(Br)s2)c1. The first-order valence-corrected chi connectivity index (χ1v) is 7.61. The van der Waals surface area contributed by atoms with Crippen molar-refractivity contribution >= 4 is 60.5 Å². The van der Waals surface area contributed by atoms with E-state index in [-0.39, 0.29) is 5.91 Å². The Morgan fingerprint density at radius 2 is 2.11 bits per heavy atom. The Morgan fingerprint density at radius 1 is 1.37 bits per heavy atom. The molecule has 0 aliphatic carbocycles. The topological polar surface area (TPSA) is 64.3 Å². The smallest absolute Gasteiger partial charge is 0.265 e. The average molecular weight is 406 g/mol. The lowest BCUT2D eigenvalue weighted by atomic mass is 10.2. The Balaban J connectivity index is 2.23. The summed E-state index contributed by atoms with van der Waals surface area (Å²) in [5.74, 6) is 0.425. The van der Waals surface area contributed by atoms with Crippen molar-refractivity contribution in [3.05, 3.63) is 37.4 Å². The molecule has 0 radical (unpaired) electrons. The van der Waals surface area contributed by atoms with Crippen molar-refractivity contribution in [2.75, 3.05) is 18.2 Å². The Kier molecular flexibility index (Phi) is 4.49. The Morgan fingerprint density at radius 3 is 2.68 bits per heavy atom. The Hall–Kier alpha value is -1.05. The largest absolute Gasteiger partial charge is 0.497 e. The van der Waals surface area contributed by atoms with Gasteiger partial charge in [-0.3, -0.25) is 4.79 Å². The highest BCUT2D eigenvalue weighted by Gasteiger charge is 2.13. The molecular weight excluding hydrogens is 396 g/mol. The van der Waals surface area contributed by atoms with Crippen LogP contribution in [0.15, 0.2) is 32.5 Å². The summed E-state index contributed by atoms with van der Waals surface area (Å²) < 4.78 is 6.82. The van der Waals surface area contributed by atoms with Gasteiger partial charge in [0.2, 0.25) is 0 Å². The second-order valence-corrected chi connectivity index (χ2v) is 6.86. The predicted octanol–water partition coefficient (Wildman–Crippen LogP) is 4.12. The van der Waals surface area contributed by atoms with Gasteiger partial charge in [-0.1, -0.05) is 0 Å². The number of nitrogen functional groups attached to an aromatic ring is 1. The quantitative estimate of drug-likeness (QED) is 0.755. The zero-order valence-electron chi connectivity index (χ0n) is 9.87. The highest BCUT2D eigenvalue weighted by molar-refractivity contribution is 9.13. The van der Waals surface area contributed by atoms with E-state index in [0.717, 1.165) is 8.26 Å². The van der Waals surface area contributed by atoms with Crippen LogP contribution in [-0.2, 0) is 0 Å². The van der Waals surface area contributed by atoms with Gasteiger partial charge in [-0.25, -0.2) is 0 Å². The summed E-state index contributed by atoms with van der Waals surface area (Å²) in [6.45, 7) is 0. The fraction of sp³-hybridized carbons (Fsp3) is 0.0833. The standard InChI is InChI=1S/C12H10Br2N2O2S/c1-18-6-2-3-8(15)9(4-6)16-12(17)10-5-7(13)11(14)19-10/h2-5H,15H2,1H3,(H,16,17). The van der Waals surface area contributed by atoms with Crippen LogP contribution in [0.25, 0.3) is 0 Å². The number of thiophene rings is 1. The van der Waals surface area contributed by atoms with E-state index in [1.165, 1.54) is 11.3 Å². The summed E-state index contributed by atoms with van der Waals surface area (Å²) >= 11 is 8.04. The molecular formula is C12H10Br2N2O2S. The number of anilines is 2. The molecule has 7 heteroatoms. The zero-order valence-corrected chi connectivity index (χ0v) is 13.9. The van der Waals surface area contributed by atoms with E-state index in [0.29, 0.717) is 22.0 Å². The molecule has 0 unspecified atom stereocenters. The third kappa shape index (κ3) is 3.29. The third-order valence-electron chi connectivity index (χ3n) is 2.38. The van der Waals surface area contributed by atoms with Crippen LogP contribution in [0.5, 0.6) is 5.75 Å². The van der Waals surface area contributed by atoms with Crippen LogP contribution >= 0.6 is 43.2 Å². The van der Waals surface area contributed by atoms with Gasteiger partial charge in [-0.2, -0.15) is 0 Å². The number of amides is 1. The van der Waals surface area contributed by atoms with Crippen molar-refractivity contribution in [3.63, 3.8) is 0 Å². The monoisotopic (exact) mass is 404 g/mol. The number of hydrogen-bond donors (Lipinski definition) is 2. The molecule has 1 aromatic heterocycles. The minimum atomic E-state index is -0.212. The molecule has 0 saturated heterocycles. The Bertz CT molecular complexity index is 609. The number of rotatable bonds is 3. The molecule has 0 atom stereocenters. The minimum Gasteiger partial charge on any atom is -0.497 e. The zero-order chi connectivity index (χ0) is 14.0. The van der Waals surface area contributed by atoms with Crippen LogP contribution in [0.1, 0.15) is 9.67 Å². The van der Waals surface area contributed by atoms with Crippen molar-refractivity contribution in [2.45, 2.75) is 0 Å². The number of benzene rings is 1. The molecule has 1 heterocycles. The van der Waals surface area contributed by atoms with Crippen molar-refractivity contribution in [3.8, 4) is 5.75 Å². The minimum absolute atomic E-state index is 0.212. The second kappa shape index (κ2) is 5.94. The highest BCUT2D eigenvalue weighted by Crippen LogP contribution is 2.33.